The fourth-order valence-electron chi connectivity index (χ4n) is 0.677. The van der Waals surface area contributed by atoms with Crippen molar-refractivity contribution in [1.82, 2.24) is 5.32 Å². The molecule has 0 aromatic heterocycles. The number of hydrogen-bond acceptors (Lipinski definition) is 1. The van der Waals surface area contributed by atoms with Crippen LogP contribution in [0.5, 0.6) is 0 Å². The fourth-order valence-corrected chi connectivity index (χ4v) is 0.677. The molecular weight excluding hydrogens is 110 g/mol. The second-order valence-electron chi connectivity index (χ2n) is 1.91. The molecule has 0 bridgehead atoms. The molecule has 1 aliphatic rings. The molecule has 1 heteroatoms. The van der Waals surface area contributed by atoms with Gasteiger partial charge in [0.15, 0.2) is 0 Å². The van der Waals surface area contributed by atoms with Gasteiger partial charge in [0.1, 0.15) is 0 Å². The quantitative estimate of drug-likeness (QED) is 0.513. The highest BCUT2D eigenvalue weighted by molar-refractivity contribution is 5.11. The van der Waals surface area contributed by atoms with Crippen LogP contribution < -0.4 is 5.32 Å². The Bertz CT molecular complexity index is 127. The van der Waals surface area contributed by atoms with Crippen molar-refractivity contribution in [3.63, 3.8) is 0 Å². The maximum atomic E-state index is 3.14. The molecule has 0 aliphatic carbocycles. The van der Waals surface area contributed by atoms with E-state index in [4.69, 9.17) is 0 Å². The van der Waals surface area contributed by atoms with E-state index in [0.29, 0.717) is 0 Å². The van der Waals surface area contributed by atoms with Crippen LogP contribution >= 0.6 is 0 Å². The van der Waals surface area contributed by atoms with Crippen LogP contribution in [0.1, 0.15) is 6.42 Å². The van der Waals surface area contributed by atoms with Crippen LogP contribution in [-0.2, 0) is 0 Å². The van der Waals surface area contributed by atoms with E-state index in [9.17, 15) is 0 Å². The average Bonchev–Trinajstić information content (AvgIpc) is 2.00. The van der Waals surface area contributed by atoms with Gasteiger partial charge in [-0.1, -0.05) is 24.3 Å². The van der Waals surface area contributed by atoms with Crippen molar-refractivity contribution in [2.24, 2.45) is 0 Å². The Balaban J connectivity index is 2.45. The van der Waals surface area contributed by atoms with E-state index in [1.807, 2.05) is 24.4 Å². The van der Waals surface area contributed by atoms with Crippen LogP contribution in [-0.4, -0.2) is 6.54 Å². The van der Waals surface area contributed by atoms with Gasteiger partial charge < -0.3 is 5.32 Å². The lowest BCUT2D eigenvalue weighted by molar-refractivity contribution is 0.853. The summed E-state index contributed by atoms with van der Waals surface area (Å²) in [6.45, 7) is 1.04. The normalized spacial score (nSPS) is 28.4. The molecule has 0 radical (unpaired) electrons. The zero-order valence-electron chi connectivity index (χ0n) is 5.38. The van der Waals surface area contributed by atoms with Gasteiger partial charge >= 0.3 is 0 Å². The Labute approximate surface area is 55.8 Å². The van der Waals surface area contributed by atoms with Crippen LogP contribution in [0.2, 0.25) is 0 Å². The largest absolute Gasteiger partial charge is 0.391 e. The molecule has 9 heavy (non-hydrogen) atoms. The highest BCUT2D eigenvalue weighted by Crippen LogP contribution is 1.86. The zero-order valence-corrected chi connectivity index (χ0v) is 5.38. The van der Waals surface area contributed by atoms with Crippen LogP contribution in [0.3, 0.4) is 0 Å². The predicted molar refractivity (Wildman–Crippen MR) is 40.0 cm³/mol. The van der Waals surface area contributed by atoms with Gasteiger partial charge in [-0.05, 0) is 18.7 Å². The molecular formula is C8H11N. The zero-order chi connectivity index (χ0) is 6.36. The molecule has 0 amide bonds. The molecule has 1 aliphatic heterocycles. The minimum Gasteiger partial charge on any atom is -0.391 e. The third-order valence-electron chi connectivity index (χ3n) is 1.14. The highest BCUT2D eigenvalue weighted by atomic mass is 14.8. The van der Waals surface area contributed by atoms with Crippen molar-refractivity contribution in [3.05, 3.63) is 36.6 Å². The standard InChI is InChI=1S/C8H11N/c1-2-4-6-8-9-7-5-3-1/h1-5,7,9H,6,8H2/b3-1-,4-2+,7-5+. The lowest BCUT2D eigenvalue weighted by atomic mass is 10.3. The number of hydrogen-bond donors (Lipinski definition) is 1. The minimum atomic E-state index is 1.04. The molecule has 0 saturated carbocycles. The predicted octanol–water partition coefficient (Wildman–Crippen LogP) is 1.61. The minimum absolute atomic E-state index is 1.04. The molecule has 0 atom stereocenters. The molecule has 1 nitrogen and oxygen atoms in total. The number of nitrogens with one attached hydrogen (secondary N) is 1. The van der Waals surface area contributed by atoms with Gasteiger partial charge in [-0.25, -0.2) is 0 Å². The van der Waals surface area contributed by atoms with Gasteiger partial charge in [-0.2, -0.15) is 0 Å². The van der Waals surface area contributed by atoms with Gasteiger partial charge in [0.2, 0.25) is 0 Å². The average molecular weight is 121 g/mol. The lowest BCUT2D eigenvalue weighted by Gasteiger charge is -1.92. The van der Waals surface area contributed by atoms with Crippen molar-refractivity contribution < 1.29 is 0 Å². The Morgan fingerprint density at radius 1 is 1.00 bits per heavy atom. The Hall–Kier alpha value is -0.980. The molecule has 0 aromatic rings. The molecule has 0 saturated heterocycles. The third kappa shape index (κ3) is 2.75. The fraction of sp³-hybridized carbons (Fsp3) is 0.250. The van der Waals surface area contributed by atoms with E-state index in [-0.39, 0.29) is 0 Å². The summed E-state index contributed by atoms with van der Waals surface area (Å²) in [5, 5.41) is 3.14. The van der Waals surface area contributed by atoms with Crippen LogP contribution in [0, 0.1) is 0 Å². The smallest absolute Gasteiger partial charge is 0.0176 e. The van der Waals surface area contributed by atoms with E-state index in [1.165, 1.54) is 0 Å². The van der Waals surface area contributed by atoms with E-state index >= 15 is 0 Å². The first-order valence-corrected chi connectivity index (χ1v) is 3.22. The first kappa shape index (κ1) is 6.14. The third-order valence-corrected chi connectivity index (χ3v) is 1.14. The summed E-state index contributed by atoms with van der Waals surface area (Å²) in [4.78, 5) is 0. The summed E-state index contributed by atoms with van der Waals surface area (Å²) >= 11 is 0. The first-order valence-electron chi connectivity index (χ1n) is 3.22. The van der Waals surface area contributed by atoms with Gasteiger partial charge in [0.25, 0.3) is 0 Å². The first-order chi connectivity index (χ1) is 4.50. The highest BCUT2D eigenvalue weighted by Gasteiger charge is 1.77. The van der Waals surface area contributed by atoms with E-state index in [2.05, 4.69) is 17.5 Å². The molecule has 0 spiro atoms. The Morgan fingerprint density at radius 3 is 2.89 bits per heavy atom. The van der Waals surface area contributed by atoms with Crippen molar-refractivity contribution >= 4 is 0 Å². The SMILES string of the molecule is C1=C\C=C\NCC/C=C/1. The Morgan fingerprint density at radius 2 is 1.89 bits per heavy atom. The van der Waals surface area contributed by atoms with Crippen LogP contribution in [0.15, 0.2) is 36.6 Å². The Kier molecular flexibility index (Phi) is 2.70. The molecule has 1 heterocycles. The van der Waals surface area contributed by atoms with Gasteiger partial charge in [0.05, 0.1) is 0 Å². The number of allylic oxidation sites excluding steroid dienone is 4. The second kappa shape index (κ2) is 3.96. The lowest BCUT2D eigenvalue weighted by Crippen LogP contribution is -2.04. The van der Waals surface area contributed by atoms with E-state index in [0.717, 1.165) is 13.0 Å². The van der Waals surface area contributed by atoms with Crippen molar-refractivity contribution in [3.8, 4) is 0 Å². The van der Waals surface area contributed by atoms with Crippen LogP contribution in [0.4, 0.5) is 0 Å². The van der Waals surface area contributed by atoms with Gasteiger partial charge in [-0.3, -0.25) is 0 Å². The summed E-state index contributed by atoms with van der Waals surface area (Å²) in [5.41, 5.74) is 0. The topological polar surface area (TPSA) is 12.0 Å². The van der Waals surface area contributed by atoms with Crippen molar-refractivity contribution in [2.75, 3.05) is 6.54 Å². The summed E-state index contributed by atoms with van der Waals surface area (Å²) in [7, 11) is 0. The molecule has 1 rings (SSSR count). The molecule has 0 unspecified atom stereocenters. The van der Waals surface area contributed by atoms with Crippen molar-refractivity contribution in [1.29, 1.82) is 0 Å². The summed E-state index contributed by atoms with van der Waals surface area (Å²) < 4.78 is 0. The summed E-state index contributed by atoms with van der Waals surface area (Å²) in [5.74, 6) is 0. The molecule has 48 valence electrons. The molecule has 0 fully saturated rings. The van der Waals surface area contributed by atoms with Gasteiger partial charge in [-0.15, -0.1) is 0 Å². The molecule has 0 aromatic carbocycles. The van der Waals surface area contributed by atoms with E-state index < -0.39 is 0 Å². The molecule has 1 N–H and O–H groups in total. The van der Waals surface area contributed by atoms with Crippen molar-refractivity contribution in [2.45, 2.75) is 6.42 Å². The van der Waals surface area contributed by atoms with Crippen LogP contribution in [0.25, 0.3) is 0 Å². The summed E-state index contributed by atoms with van der Waals surface area (Å²) in [6, 6.07) is 0. The maximum absolute atomic E-state index is 3.14. The number of rotatable bonds is 0. The summed E-state index contributed by atoms with van der Waals surface area (Å²) in [6.07, 6.45) is 13.3. The monoisotopic (exact) mass is 121 g/mol. The van der Waals surface area contributed by atoms with Gasteiger partial charge in [0, 0.05) is 6.54 Å². The van der Waals surface area contributed by atoms with E-state index in [1.54, 1.807) is 0 Å². The maximum Gasteiger partial charge on any atom is 0.0176 e. The second-order valence-corrected chi connectivity index (χ2v) is 1.91.